The van der Waals surface area contributed by atoms with E-state index in [4.69, 9.17) is 4.42 Å². The van der Waals surface area contributed by atoms with E-state index in [2.05, 4.69) is 10.3 Å². The molecule has 3 rings (SSSR count). The van der Waals surface area contributed by atoms with E-state index in [0.717, 1.165) is 39.2 Å². The zero-order valence-electron chi connectivity index (χ0n) is 13.9. The minimum absolute atomic E-state index is 0.114. The normalized spacial score (nSPS) is 11.0. The lowest BCUT2D eigenvalue weighted by atomic mass is 10.1. The Bertz CT molecular complexity index is 894. The summed E-state index contributed by atoms with van der Waals surface area (Å²) in [4.78, 5) is 17.0. The van der Waals surface area contributed by atoms with Crippen LogP contribution >= 0.6 is 0 Å². The molecule has 0 fully saturated rings. The third kappa shape index (κ3) is 3.11. The number of rotatable bonds is 3. The molecule has 118 valence electrons. The average molecular weight is 308 g/mol. The van der Waals surface area contributed by atoms with Crippen molar-refractivity contribution in [2.75, 3.05) is 0 Å². The van der Waals surface area contributed by atoms with E-state index in [0.29, 0.717) is 12.1 Å². The average Bonchev–Trinajstić information content (AvgIpc) is 2.82. The number of furan rings is 1. The largest absolute Gasteiger partial charge is 0.466 e. The van der Waals surface area contributed by atoms with E-state index in [1.165, 1.54) is 0 Å². The van der Waals surface area contributed by atoms with Crippen molar-refractivity contribution in [2.45, 2.75) is 34.2 Å². The van der Waals surface area contributed by atoms with Crippen molar-refractivity contribution in [3.05, 3.63) is 64.2 Å². The lowest BCUT2D eigenvalue weighted by Gasteiger charge is -2.09. The highest BCUT2D eigenvalue weighted by Crippen LogP contribution is 2.19. The standard InChI is InChI=1S/C19H20N2O2/c1-11-5-6-18-15(7-11)9-17(13(3)21-18)19(22)20-10-16-8-12(2)23-14(16)4/h5-9H,10H2,1-4H3,(H,20,22). The quantitative estimate of drug-likeness (QED) is 0.796. The number of carbonyl (C=O) groups excluding carboxylic acids is 1. The first-order valence-corrected chi connectivity index (χ1v) is 7.66. The van der Waals surface area contributed by atoms with Crippen LogP contribution in [0.2, 0.25) is 0 Å². The molecule has 1 aromatic carbocycles. The van der Waals surface area contributed by atoms with Gasteiger partial charge in [0, 0.05) is 17.5 Å². The van der Waals surface area contributed by atoms with E-state index in [1.54, 1.807) is 0 Å². The second kappa shape index (κ2) is 5.88. The number of pyridine rings is 1. The van der Waals surface area contributed by atoms with Crippen molar-refractivity contribution >= 4 is 16.8 Å². The second-order valence-corrected chi connectivity index (χ2v) is 5.94. The fraction of sp³-hybridized carbons (Fsp3) is 0.263. The number of hydrogen-bond donors (Lipinski definition) is 1. The zero-order chi connectivity index (χ0) is 16.6. The predicted octanol–water partition coefficient (Wildman–Crippen LogP) is 3.99. The third-order valence-corrected chi connectivity index (χ3v) is 3.99. The maximum Gasteiger partial charge on any atom is 0.253 e. The Balaban J connectivity index is 1.85. The number of amides is 1. The topological polar surface area (TPSA) is 55.1 Å². The smallest absolute Gasteiger partial charge is 0.253 e. The van der Waals surface area contributed by atoms with Crippen molar-refractivity contribution in [1.29, 1.82) is 0 Å². The summed E-state index contributed by atoms with van der Waals surface area (Å²) in [5.41, 5.74) is 4.41. The van der Waals surface area contributed by atoms with Gasteiger partial charge in [0.05, 0.1) is 16.8 Å². The summed E-state index contributed by atoms with van der Waals surface area (Å²) in [6, 6.07) is 9.91. The van der Waals surface area contributed by atoms with E-state index >= 15 is 0 Å². The lowest BCUT2D eigenvalue weighted by molar-refractivity contribution is 0.0950. The Morgan fingerprint density at radius 2 is 1.91 bits per heavy atom. The molecule has 3 aromatic rings. The molecule has 0 bridgehead atoms. The first-order valence-electron chi connectivity index (χ1n) is 7.66. The number of aromatic nitrogens is 1. The molecule has 0 aliphatic rings. The lowest BCUT2D eigenvalue weighted by Crippen LogP contribution is -2.24. The van der Waals surface area contributed by atoms with Gasteiger partial charge in [0.15, 0.2) is 0 Å². The summed E-state index contributed by atoms with van der Waals surface area (Å²) in [7, 11) is 0. The van der Waals surface area contributed by atoms with Gasteiger partial charge in [-0.25, -0.2) is 0 Å². The number of benzene rings is 1. The van der Waals surface area contributed by atoms with Crippen LogP contribution in [0, 0.1) is 27.7 Å². The van der Waals surface area contributed by atoms with Gasteiger partial charge in [0.2, 0.25) is 0 Å². The van der Waals surface area contributed by atoms with Gasteiger partial charge >= 0.3 is 0 Å². The van der Waals surface area contributed by atoms with Crippen LogP contribution in [0.4, 0.5) is 0 Å². The highest BCUT2D eigenvalue weighted by Gasteiger charge is 2.13. The first kappa shape index (κ1) is 15.3. The van der Waals surface area contributed by atoms with Gasteiger partial charge in [-0.05, 0) is 52.0 Å². The zero-order valence-corrected chi connectivity index (χ0v) is 13.9. The van der Waals surface area contributed by atoms with Crippen LogP contribution in [-0.4, -0.2) is 10.9 Å². The van der Waals surface area contributed by atoms with E-state index in [1.807, 2.05) is 58.0 Å². The van der Waals surface area contributed by atoms with Crippen LogP contribution in [0.15, 0.2) is 34.7 Å². The molecule has 0 unspecified atom stereocenters. The number of nitrogens with one attached hydrogen (secondary N) is 1. The molecule has 2 aromatic heterocycles. The molecule has 0 aliphatic heterocycles. The SMILES string of the molecule is Cc1ccc2nc(C)c(C(=O)NCc3cc(C)oc3C)cc2c1. The Hall–Kier alpha value is -2.62. The Kier molecular flexibility index (Phi) is 3.90. The third-order valence-electron chi connectivity index (χ3n) is 3.99. The van der Waals surface area contributed by atoms with Gasteiger partial charge in [-0.15, -0.1) is 0 Å². The Morgan fingerprint density at radius 3 is 2.61 bits per heavy atom. The molecule has 0 radical (unpaired) electrons. The fourth-order valence-corrected chi connectivity index (χ4v) is 2.75. The molecule has 0 atom stereocenters. The first-order chi connectivity index (χ1) is 10.9. The molecule has 1 amide bonds. The molecule has 4 heteroatoms. The molecule has 0 saturated carbocycles. The van der Waals surface area contributed by atoms with Crippen molar-refractivity contribution in [2.24, 2.45) is 0 Å². The van der Waals surface area contributed by atoms with Crippen molar-refractivity contribution in [3.63, 3.8) is 0 Å². The number of aryl methyl sites for hydroxylation is 4. The van der Waals surface area contributed by atoms with Crippen LogP contribution < -0.4 is 5.32 Å². The van der Waals surface area contributed by atoms with Gasteiger partial charge in [-0.2, -0.15) is 0 Å². The van der Waals surface area contributed by atoms with Gasteiger partial charge in [-0.1, -0.05) is 11.6 Å². The van der Waals surface area contributed by atoms with Gasteiger partial charge in [-0.3, -0.25) is 9.78 Å². The predicted molar refractivity (Wildman–Crippen MR) is 90.6 cm³/mol. The monoisotopic (exact) mass is 308 g/mol. The Labute approximate surface area is 135 Å². The second-order valence-electron chi connectivity index (χ2n) is 5.94. The van der Waals surface area contributed by atoms with Crippen molar-refractivity contribution in [3.8, 4) is 0 Å². The van der Waals surface area contributed by atoms with Crippen LogP contribution in [0.5, 0.6) is 0 Å². The summed E-state index contributed by atoms with van der Waals surface area (Å²) >= 11 is 0. The van der Waals surface area contributed by atoms with Crippen molar-refractivity contribution in [1.82, 2.24) is 10.3 Å². The summed E-state index contributed by atoms with van der Waals surface area (Å²) in [6.45, 7) is 8.15. The van der Waals surface area contributed by atoms with Crippen LogP contribution in [0.25, 0.3) is 10.9 Å². The number of nitrogens with zero attached hydrogens (tertiary/aromatic N) is 1. The highest BCUT2D eigenvalue weighted by molar-refractivity contribution is 5.98. The number of carbonyl (C=O) groups is 1. The maximum atomic E-state index is 12.5. The maximum absolute atomic E-state index is 12.5. The Morgan fingerprint density at radius 1 is 1.13 bits per heavy atom. The summed E-state index contributed by atoms with van der Waals surface area (Å²) in [6.07, 6.45) is 0. The molecule has 4 nitrogen and oxygen atoms in total. The van der Waals surface area contributed by atoms with E-state index < -0.39 is 0 Å². The van der Waals surface area contributed by atoms with Crippen LogP contribution in [0.1, 0.15) is 38.7 Å². The van der Waals surface area contributed by atoms with Gasteiger partial charge in [0.25, 0.3) is 5.91 Å². The molecule has 0 saturated heterocycles. The summed E-state index contributed by atoms with van der Waals surface area (Å²) in [5.74, 6) is 1.58. The highest BCUT2D eigenvalue weighted by atomic mass is 16.3. The molecule has 23 heavy (non-hydrogen) atoms. The van der Waals surface area contributed by atoms with E-state index in [-0.39, 0.29) is 5.91 Å². The van der Waals surface area contributed by atoms with Gasteiger partial charge in [0.1, 0.15) is 11.5 Å². The summed E-state index contributed by atoms with van der Waals surface area (Å²) in [5, 5.41) is 3.93. The van der Waals surface area contributed by atoms with Gasteiger partial charge < -0.3 is 9.73 Å². The molecule has 2 heterocycles. The van der Waals surface area contributed by atoms with Crippen molar-refractivity contribution < 1.29 is 9.21 Å². The van der Waals surface area contributed by atoms with E-state index in [9.17, 15) is 4.79 Å². The molecule has 0 aliphatic carbocycles. The number of fused-ring (bicyclic) bond motifs is 1. The molecule has 1 N–H and O–H groups in total. The molecular weight excluding hydrogens is 288 g/mol. The summed E-state index contributed by atoms with van der Waals surface area (Å²) < 4.78 is 5.48. The minimum Gasteiger partial charge on any atom is -0.466 e. The van der Waals surface area contributed by atoms with Crippen LogP contribution in [-0.2, 0) is 6.54 Å². The minimum atomic E-state index is -0.114. The molecular formula is C19H20N2O2. The van der Waals surface area contributed by atoms with Crippen LogP contribution in [0.3, 0.4) is 0 Å². The molecule has 0 spiro atoms. The fourth-order valence-electron chi connectivity index (χ4n) is 2.75. The number of hydrogen-bond acceptors (Lipinski definition) is 3.